The fraction of sp³-hybridized carbons (Fsp3) is 0.538. The Morgan fingerprint density at radius 1 is 1.22 bits per heavy atom. The van der Waals surface area contributed by atoms with Crippen LogP contribution in [0.2, 0.25) is 0 Å². The van der Waals surface area contributed by atoms with Crippen molar-refractivity contribution in [1.82, 2.24) is 0 Å². The second kappa shape index (κ2) is 4.80. The van der Waals surface area contributed by atoms with Crippen LogP contribution >= 0.6 is 0 Å². The number of benzene rings is 1. The van der Waals surface area contributed by atoms with E-state index in [-0.39, 0.29) is 5.41 Å². The van der Waals surface area contributed by atoms with Gasteiger partial charge in [0.25, 0.3) is 0 Å². The summed E-state index contributed by atoms with van der Waals surface area (Å²) in [6, 6.07) is 3.79. The molecular formula is C13H21NO3S. The number of aryl methyl sites for hydroxylation is 1. The van der Waals surface area contributed by atoms with Crippen molar-refractivity contribution in [2.45, 2.75) is 33.1 Å². The van der Waals surface area contributed by atoms with Crippen molar-refractivity contribution in [3.8, 4) is 5.75 Å². The summed E-state index contributed by atoms with van der Waals surface area (Å²) < 4.78 is 30.6. The molecule has 0 bridgehead atoms. The predicted molar refractivity (Wildman–Crippen MR) is 74.9 cm³/mol. The van der Waals surface area contributed by atoms with Gasteiger partial charge in [0.2, 0.25) is 10.0 Å². The molecule has 0 spiro atoms. The highest BCUT2D eigenvalue weighted by molar-refractivity contribution is 7.92. The molecule has 0 aliphatic carbocycles. The Kier molecular flexibility index (Phi) is 3.96. The van der Waals surface area contributed by atoms with E-state index in [0.29, 0.717) is 11.4 Å². The minimum atomic E-state index is -3.32. The van der Waals surface area contributed by atoms with Gasteiger partial charge < -0.3 is 4.74 Å². The maximum absolute atomic E-state index is 11.4. The number of methoxy groups -OCH3 is 1. The molecule has 0 aliphatic rings. The molecule has 1 rings (SSSR count). The Labute approximate surface area is 109 Å². The van der Waals surface area contributed by atoms with Crippen molar-refractivity contribution in [1.29, 1.82) is 0 Å². The van der Waals surface area contributed by atoms with Crippen LogP contribution in [0, 0.1) is 6.92 Å². The summed E-state index contributed by atoms with van der Waals surface area (Å²) in [5.74, 6) is 0.582. The highest BCUT2D eigenvalue weighted by atomic mass is 32.2. The number of anilines is 1. The molecule has 0 radical (unpaired) electrons. The van der Waals surface area contributed by atoms with Crippen molar-refractivity contribution in [3.05, 3.63) is 23.3 Å². The highest BCUT2D eigenvalue weighted by Gasteiger charge is 2.22. The van der Waals surface area contributed by atoms with Crippen molar-refractivity contribution in [2.24, 2.45) is 0 Å². The van der Waals surface area contributed by atoms with Gasteiger partial charge in [-0.2, -0.15) is 0 Å². The van der Waals surface area contributed by atoms with Gasteiger partial charge in [0.1, 0.15) is 5.75 Å². The van der Waals surface area contributed by atoms with Crippen LogP contribution in [0.4, 0.5) is 5.69 Å². The second-order valence-corrected chi connectivity index (χ2v) is 7.27. The molecule has 0 fully saturated rings. The smallest absolute Gasteiger partial charge is 0.229 e. The summed E-state index contributed by atoms with van der Waals surface area (Å²) in [4.78, 5) is 0. The van der Waals surface area contributed by atoms with Crippen LogP contribution in [-0.2, 0) is 15.4 Å². The van der Waals surface area contributed by atoms with Gasteiger partial charge in [-0.15, -0.1) is 0 Å². The van der Waals surface area contributed by atoms with E-state index in [1.807, 2.05) is 13.0 Å². The van der Waals surface area contributed by atoms with Crippen LogP contribution in [-0.4, -0.2) is 21.8 Å². The standard InChI is InChI=1S/C13H21NO3S/c1-9-7-10(13(2,3)4)12(17-5)11(8-9)14-18(6,15)16/h7-8,14H,1-6H3. The Bertz CT molecular complexity index is 542. The van der Waals surface area contributed by atoms with E-state index in [1.165, 1.54) is 0 Å². The maximum atomic E-state index is 11.4. The fourth-order valence-corrected chi connectivity index (χ4v) is 2.38. The first-order chi connectivity index (χ1) is 8.04. The molecule has 1 N–H and O–H groups in total. The van der Waals surface area contributed by atoms with Gasteiger partial charge in [-0.3, -0.25) is 4.72 Å². The molecule has 0 aromatic heterocycles. The van der Waals surface area contributed by atoms with Crippen LogP contribution in [0.1, 0.15) is 31.9 Å². The lowest BCUT2D eigenvalue weighted by Crippen LogP contribution is -2.16. The number of rotatable bonds is 3. The molecule has 0 saturated heterocycles. The average Bonchev–Trinajstić information content (AvgIpc) is 2.12. The maximum Gasteiger partial charge on any atom is 0.229 e. The van der Waals surface area contributed by atoms with Gasteiger partial charge in [0, 0.05) is 5.56 Å². The zero-order valence-electron chi connectivity index (χ0n) is 11.8. The SMILES string of the molecule is COc1c(NS(C)(=O)=O)cc(C)cc1C(C)(C)C. The van der Waals surface area contributed by atoms with Crippen LogP contribution in [0.15, 0.2) is 12.1 Å². The summed E-state index contributed by atoms with van der Waals surface area (Å²) in [6.45, 7) is 8.12. The van der Waals surface area contributed by atoms with Crippen LogP contribution in [0.3, 0.4) is 0 Å². The first-order valence-corrected chi connectivity index (χ1v) is 7.60. The molecule has 0 amide bonds. The first-order valence-electron chi connectivity index (χ1n) is 5.71. The molecule has 5 heteroatoms. The number of sulfonamides is 1. The Morgan fingerprint density at radius 3 is 2.17 bits per heavy atom. The molecule has 1 aromatic rings. The van der Waals surface area contributed by atoms with Gasteiger partial charge in [0.15, 0.2) is 0 Å². The van der Waals surface area contributed by atoms with Gasteiger partial charge in [-0.1, -0.05) is 26.8 Å². The molecule has 0 unspecified atom stereocenters. The predicted octanol–water partition coefficient (Wildman–Crippen LogP) is 2.67. The lowest BCUT2D eigenvalue weighted by Gasteiger charge is -2.24. The minimum Gasteiger partial charge on any atom is -0.494 e. The largest absolute Gasteiger partial charge is 0.494 e. The second-order valence-electron chi connectivity index (χ2n) is 5.52. The minimum absolute atomic E-state index is 0.120. The lowest BCUT2D eigenvalue weighted by atomic mass is 9.85. The molecular weight excluding hydrogens is 250 g/mol. The van der Waals surface area contributed by atoms with Gasteiger partial charge in [-0.05, 0) is 24.0 Å². The summed E-state index contributed by atoms with van der Waals surface area (Å²) >= 11 is 0. The molecule has 1 aromatic carbocycles. The molecule has 0 atom stereocenters. The van der Waals surface area contributed by atoms with E-state index >= 15 is 0 Å². The number of nitrogens with one attached hydrogen (secondary N) is 1. The molecule has 102 valence electrons. The van der Waals surface area contributed by atoms with Crippen LogP contribution < -0.4 is 9.46 Å². The molecule has 0 heterocycles. The third kappa shape index (κ3) is 3.63. The lowest BCUT2D eigenvalue weighted by molar-refractivity contribution is 0.399. The molecule has 0 saturated carbocycles. The number of hydrogen-bond donors (Lipinski definition) is 1. The highest BCUT2D eigenvalue weighted by Crippen LogP contribution is 2.38. The van der Waals surface area contributed by atoms with Gasteiger partial charge >= 0.3 is 0 Å². The summed E-state index contributed by atoms with van der Waals surface area (Å²) in [5.41, 5.74) is 2.35. The Morgan fingerprint density at radius 2 is 1.78 bits per heavy atom. The number of hydrogen-bond acceptors (Lipinski definition) is 3. The average molecular weight is 271 g/mol. The van der Waals surface area contributed by atoms with Crippen LogP contribution in [0.25, 0.3) is 0 Å². The normalized spacial score (nSPS) is 12.3. The van der Waals surface area contributed by atoms with E-state index in [1.54, 1.807) is 13.2 Å². The monoisotopic (exact) mass is 271 g/mol. The summed E-state index contributed by atoms with van der Waals surface area (Å²) in [7, 11) is -1.77. The van der Waals surface area contributed by atoms with E-state index < -0.39 is 10.0 Å². The van der Waals surface area contributed by atoms with Crippen molar-refractivity contribution < 1.29 is 13.2 Å². The fourth-order valence-electron chi connectivity index (χ4n) is 1.83. The molecule has 18 heavy (non-hydrogen) atoms. The summed E-state index contributed by atoms with van der Waals surface area (Å²) in [6.07, 6.45) is 1.13. The number of ether oxygens (including phenoxy) is 1. The van der Waals surface area contributed by atoms with Crippen LogP contribution in [0.5, 0.6) is 5.75 Å². The summed E-state index contributed by atoms with van der Waals surface area (Å²) in [5, 5.41) is 0. The third-order valence-electron chi connectivity index (χ3n) is 2.54. The van der Waals surface area contributed by atoms with E-state index in [0.717, 1.165) is 17.4 Å². The first kappa shape index (κ1) is 14.8. The van der Waals surface area contributed by atoms with Crippen molar-refractivity contribution >= 4 is 15.7 Å². The van der Waals surface area contributed by atoms with E-state index in [2.05, 4.69) is 25.5 Å². The Hall–Kier alpha value is -1.23. The van der Waals surface area contributed by atoms with Gasteiger partial charge in [-0.25, -0.2) is 8.42 Å². The zero-order chi connectivity index (χ0) is 14.1. The molecule has 0 aliphatic heterocycles. The topological polar surface area (TPSA) is 55.4 Å². The van der Waals surface area contributed by atoms with E-state index in [4.69, 9.17) is 4.74 Å². The zero-order valence-corrected chi connectivity index (χ0v) is 12.6. The Balaban J connectivity index is 3.48. The quantitative estimate of drug-likeness (QED) is 0.919. The van der Waals surface area contributed by atoms with E-state index in [9.17, 15) is 8.42 Å². The van der Waals surface area contributed by atoms with Crippen molar-refractivity contribution in [3.63, 3.8) is 0 Å². The molecule has 4 nitrogen and oxygen atoms in total. The third-order valence-corrected chi connectivity index (χ3v) is 3.13. The van der Waals surface area contributed by atoms with Crippen molar-refractivity contribution in [2.75, 3.05) is 18.1 Å². The van der Waals surface area contributed by atoms with Gasteiger partial charge in [0.05, 0.1) is 19.1 Å².